The molecule has 0 aliphatic heterocycles. The van der Waals surface area contributed by atoms with E-state index in [1.165, 1.54) is 17.0 Å². The number of hydrogen-bond donors (Lipinski definition) is 1. The summed E-state index contributed by atoms with van der Waals surface area (Å²) in [4.78, 5) is 28.5. The van der Waals surface area contributed by atoms with Gasteiger partial charge in [-0.15, -0.1) is 0 Å². The van der Waals surface area contributed by atoms with Crippen molar-refractivity contribution in [2.75, 3.05) is 17.5 Å². The third kappa shape index (κ3) is 8.70. The van der Waals surface area contributed by atoms with E-state index in [1.54, 1.807) is 67.6 Å². The lowest BCUT2D eigenvalue weighted by atomic mass is 10.1. The van der Waals surface area contributed by atoms with Gasteiger partial charge in [0.2, 0.25) is 11.8 Å². The van der Waals surface area contributed by atoms with Gasteiger partial charge in [0.25, 0.3) is 10.0 Å². The first-order valence-electron chi connectivity index (χ1n) is 13.3. The maximum Gasteiger partial charge on any atom is 0.264 e. The van der Waals surface area contributed by atoms with Crippen LogP contribution in [0.15, 0.2) is 82.2 Å². The summed E-state index contributed by atoms with van der Waals surface area (Å²) >= 11 is 9.53. The van der Waals surface area contributed by atoms with Crippen LogP contribution in [0.1, 0.15) is 39.7 Å². The van der Waals surface area contributed by atoms with Gasteiger partial charge in [-0.05, 0) is 93.4 Å². The molecule has 0 spiro atoms. The van der Waals surface area contributed by atoms with E-state index in [9.17, 15) is 18.0 Å². The Morgan fingerprint density at radius 3 is 2.24 bits per heavy atom. The lowest BCUT2D eigenvalue weighted by Gasteiger charge is -2.32. The Morgan fingerprint density at radius 1 is 1.00 bits per heavy atom. The number of rotatable bonds is 13. The second-order valence-electron chi connectivity index (χ2n) is 9.54. The fourth-order valence-corrected chi connectivity index (χ4v) is 5.91. The zero-order valence-corrected chi connectivity index (χ0v) is 26.7. The molecule has 2 amide bonds. The van der Waals surface area contributed by atoms with Gasteiger partial charge < -0.3 is 15.0 Å². The highest BCUT2D eigenvalue weighted by Gasteiger charge is 2.33. The number of halogens is 2. The van der Waals surface area contributed by atoms with E-state index >= 15 is 0 Å². The molecule has 3 rings (SSSR count). The van der Waals surface area contributed by atoms with E-state index in [4.69, 9.17) is 16.3 Å². The van der Waals surface area contributed by atoms with Crippen molar-refractivity contribution in [3.8, 4) is 5.75 Å². The molecular formula is C30H35BrClN3O5S. The molecular weight excluding hydrogens is 630 g/mol. The van der Waals surface area contributed by atoms with Gasteiger partial charge in [0.05, 0.1) is 17.2 Å². The quantitative estimate of drug-likeness (QED) is 0.241. The smallest absolute Gasteiger partial charge is 0.264 e. The van der Waals surface area contributed by atoms with Crippen molar-refractivity contribution in [1.29, 1.82) is 0 Å². The standard InChI is InChI=1S/C30H35BrClN3O5S/c1-5-21(3)33-30(37)22(4)34(19-23-8-7-9-25(32)18-23)29(36)20-35(26-12-14-27(15-13-26)40-6-2)41(38,39)28-16-10-24(31)11-17-28/h7-18,21-22H,5-6,19-20H2,1-4H3,(H,33,37)/t21-,22+/m0/s1. The summed E-state index contributed by atoms with van der Waals surface area (Å²) in [6.07, 6.45) is 0.720. The topological polar surface area (TPSA) is 96.0 Å². The number of sulfonamides is 1. The predicted octanol–water partition coefficient (Wildman–Crippen LogP) is 6.03. The van der Waals surface area contributed by atoms with Gasteiger partial charge >= 0.3 is 0 Å². The molecule has 220 valence electrons. The molecule has 2 atom stereocenters. The number of amides is 2. The molecule has 0 fully saturated rings. The summed E-state index contributed by atoms with van der Waals surface area (Å²) in [5.41, 5.74) is 0.988. The molecule has 11 heteroatoms. The van der Waals surface area contributed by atoms with Crippen LogP contribution in [-0.4, -0.2) is 50.4 Å². The lowest BCUT2D eigenvalue weighted by molar-refractivity contribution is -0.139. The first kappa shape index (κ1) is 32.4. The van der Waals surface area contributed by atoms with Crippen molar-refractivity contribution in [3.63, 3.8) is 0 Å². The van der Waals surface area contributed by atoms with Gasteiger partial charge in [-0.1, -0.05) is 46.6 Å². The van der Waals surface area contributed by atoms with Gasteiger partial charge in [-0.3, -0.25) is 13.9 Å². The molecule has 0 saturated carbocycles. The van der Waals surface area contributed by atoms with Crippen molar-refractivity contribution in [3.05, 3.63) is 87.9 Å². The molecule has 0 aliphatic rings. The number of carbonyl (C=O) groups excluding carboxylic acids is 2. The van der Waals surface area contributed by atoms with Crippen LogP contribution < -0.4 is 14.4 Å². The largest absolute Gasteiger partial charge is 0.494 e. The maximum absolute atomic E-state index is 14.0. The van der Waals surface area contributed by atoms with Crippen LogP contribution in [0.2, 0.25) is 5.02 Å². The highest BCUT2D eigenvalue weighted by molar-refractivity contribution is 9.10. The van der Waals surface area contributed by atoms with Crippen molar-refractivity contribution >= 4 is 55.1 Å². The normalized spacial score (nSPS) is 12.7. The van der Waals surface area contributed by atoms with E-state index < -0.39 is 28.5 Å². The van der Waals surface area contributed by atoms with E-state index in [2.05, 4.69) is 21.2 Å². The third-order valence-electron chi connectivity index (χ3n) is 6.53. The number of ether oxygens (including phenoxy) is 1. The molecule has 0 radical (unpaired) electrons. The van der Waals surface area contributed by atoms with Gasteiger partial charge in [-0.25, -0.2) is 8.42 Å². The second kappa shape index (κ2) is 14.7. The minimum atomic E-state index is -4.17. The zero-order chi connectivity index (χ0) is 30.2. The Kier molecular flexibility index (Phi) is 11.6. The molecule has 41 heavy (non-hydrogen) atoms. The van der Waals surface area contributed by atoms with Crippen molar-refractivity contribution < 1.29 is 22.7 Å². The fourth-order valence-electron chi connectivity index (χ4n) is 4.02. The SMILES string of the molecule is CCOc1ccc(N(CC(=O)N(Cc2cccc(Cl)c2)[C@H](C)C(=O)N[C@@H](C)CC)S(=O)(=O)c2ccc(Br)cc2)cc1. The molecule has 3 aromatic carbocycles. The molecule has 0 saturated heterocycles. The molecule has 0 heterocycles. The Hall–Kier alpha value is -3.08. The number of carbonyl (C=O) groups is 2. The summed E-state index contributed by atoms with van der Waals surface area (Å²) in [5, 5.41) is 3.40. The molecule has 8 nitrogen and oxygen atoms in total. The highest BCUT2D eigenvalue weighted by Crippen LogP contribution is 2.27. The minimum Gasteiger partial charge on any atom is -0.494 e. The summed E-state index contributed by atoms with van der Waals surface area (Å²) in [5.74, 6) is -0.314. The van der Waals surface area contributed by atoms with Crippen molar-refractivity contribution in [2.45, 2.75) is 57.6 Å². The van der Waals surface area contributed by atoms with Crippen LogP contribution in [0.25, 0.3) is 0 Å². The van der Waals surface area contributed by atoms with E-state index in [1.807, 2.05) is 20.8 Å². The fraction of sp³-hybridized carbons (Fsp3) is 0.333. The van der Waals surface area contributed by atoms with Crippen LogP contribution in [0.4, 0.5) is 5.69 Å². The van der Waals surface area contributed by atoms with Crippen LogP contribution >= 0.6 is 27.5 Å². The second-order valence-corrected chi connectivity index (χ2v) is 12.8. The van der Waals surface area contributed by atoms with Gasteiger partial charge in [0.15, 0.2) is 0 Å². The summed E-state index contributed by atoms with van der Waals surface area (Å²) in [6, 6.07) is 18.7. The Morgan fingerprint density at radius 2 is 1.66 bits per heavy atom. The number of anilines is 1. The third-order valence-corrected chi connectivity index (χ3v) is 9.08. The average Bonchev–Trinajstić information content (AvgIpc) is 2.95. The van der Waals surface area contributed by atoms with Crippen LogP contribution in [0, 0.1) is 0 Å². The molecule has 3 aromatic rings. The van der Waals surface area contributed by atoms with Gasteiger partial charge in [0, 0.05) is 22.1 Å². The van der Waals surface area contributed by atoms with Crippen LogP contribution in [-0.2, 0) is 26.2 Å². The summed E-state index contributed by atoms with van der Waals surface area (Å²) in [7, 11) is -4.17. The Labute approximate surface area is 255 Å². The van der Waals surface area contributed by atoms with Crippen molar-refractivity contribution in [1.82, 2.24) is 10.2 Å². The highest BCUT2D eigenvalue weighted by atomic mass is 79.9. The molecule has 1 N–H and O–H groups in total. The minimum absolute atomic E-state index is 0.0198. The summed E-state index contributed by atoms with van der Waals surface area (Å²) < 4.78 is 35.1. The Balaban J connectivity index is 2.03. The van der Waals surface area contributed by atoms with Crippen LogP contribution in [0.5, 0.6) is 5.75 Å². The van der Waals surface area contributed by atoms with Crippen molar-refractivity contribution in [2.24, 2.45) is 0 Å². The maximum atomic E-state index is 14.0. The molecule has 0 aliphatic carbocycles. The lowest BCUT2D eigenvalue weighted by Crippen LogP contribution is -2.52. The Bertz CT molecular complexity index is 1440. The summed E-state index contributed by atoms with van der Waals surface area (Å²) in [6.45, 7) is 7.29. The number of benzene rings is 3. The molecule has 0 unspecified atom stereocenters. The predicted molar refractivity (Wildman–Crippen MR) is 166 cm³/mol. The number of nitrogens with zero attached hydrogens (tertiary/aromatic N) is 2. The first-order chi connectivity index (χ1) is 19.5. The first-order valence-corrected chi connectivity index (χ1v) is 15.9. The molecule has 0 aromatic heterocycles. The zero-order valence-electron chi connectivity index (χ0n) is 23.5. The van der Waals surface area contributed by atoms with E-state index in [-0.39, 0.29) is 29.1 Å². The van der Waals surface area contributed by atoms with Crippen LogP contribution in [0.3, 0.4) is 0 Å². The number of nitrogens with one attached hydrogen (secondary N) is 1. The van der Waals surface area contributed by atoms with Gasteiger partial charge in [-0.2, -0.15) is 0 Å². The molecule has 0 bridgehead atoms. The average molecular weight is 665 g/mol. The van der Waals surface area contributed by atoms with E-state index in [0.29, 0.717) is 27.4 Å². The van der Waals surface area contributed by atoms with Gasteiger partial charge in [0.1, 0.15) is 18.3 Å². The monoisotopic (exact) mass is 663 g/mol. The number of hydrogen-bond acceptors (Lipinski definition) is 5. The van der Waals surface area contributed by atoms with E-state index in [0.717, 1.165) is 10.7 Å².